The lowest BCUT2D eigenvalue weighted by molar-refractivity contribution is 0.127. The Labute approximate surface area is 187 Å². The number of halogens is 1. The molecule has 5 rings (SSSR count). The van der Waals surface area contributed by atoms with Gasteiger partial charge in [0, 0.05) is 47.7 Å². The molecular weight excluding hydrogens is 406 g/mol. The molecule has 1 saturated heterocycles. The van der Waals surface area contributed by atoms with Gasteiger partial charge in [0.1, 0.15) is 0 Å². The summed E-state index contributed by atoms with van der Waals surface area (Å²) in [4.78, 5) is 4.89. The third kappa shape index (κ3) is 3.72. The number of piperazine rings is 1. The van der Waals surface area contributed by atoms with Gasteiger partial charge >= 0.3 is 0 Å². The summed E-state index contributed by atoms with van der Waals surface area (Å²) in [6.45, 7) is 3.96. The highest BCUT2D eigenvalue weighted by Gasteiger charge is 2.32. The molecule has 0 unspecified atom stereocenters. The van der Waals surface area contributed by atoms with Crippen LogP contribution in [0.2, 0.25) is 5.02 Å². The van der Waals surface area contributed by atoms with E-state index in [1.807, 2.05) is 48.5 Å². The molecule has 1 aliphatic heterocycles. The molecule has 1 N–H and O–H groups in total. The third-order valence-corrected chi connectivity index (χ3v) is 6.55. The Bertz CT molecular complexity index is 1180. The Balaban J connectivity index is 1.77. The second-order valence-electron chi connectivity index (χ2n) is 8.25. The van der Waals surface area contributed by atoms with Crippen molar-refractivity contribution in [3.8, 4) is 11.3 Å². The van der Waals surface area contributed by atoms with Crippen LogP contribution in [0.25, 0.3) is 22.2 Å². The maximum atomic E-state index is 11.3. The van der Waals surface area contributed by atoms with Crippen LogP contribution >= 0.6 is 11.6 Å². The molecule has 1 aromatic heterocycles. The van der Waals surface area contributed by atoms with Crippen molar-refractivity contribution in [2.24, 2.45) is 0 Å². The predicted molar refractivity (Wildman–Crippen MR) is 127 cm³/mol. The molecule has 1 aliphatic rings. The highest BCUT2D eigenvalue weighted by molar-refractivity contribution is 6.30. The molecule has 0 spiro atoms. The van der Waals surface area contributed by atoms with Gasteiger partial charge in [-0.05, 0) is 30.8 Å². The Hall–Kier alpha value is -2.79. The van der Waals surface area contributed by atoms with E-state index in [1.54, 1.807) is 0 Å². The molecule has 0 aliphatic carbocycles. The number of hydrogen-bond donors (Lipinski definition) is 1. The first-order valence-electron chi connectivity index (χ1n) is 10.7. The highest BCUT2D eigenvalue weighted by atomic mass is 35.5. The minimum absolute atomic E-state index is 0.0134. The Morgan fingerprint density at radius 2 is 1.45 bits per heavy atom. The number of hydrogen-bond acceptors (Lipinski definition) is 3. The van der Waals surface area contributed by atoms with E-state index in [1.165, 1.54) is 10.3 Å². The molecule has 158 valence electrons. The zero-order chi connectivity index (χ0) is 21.4. The standard InChI is InChI=1S/C26H26ClN3O/c1-28-15-17-29(18-16-28)25(20-11-13-21(27)14-12-20)24-22-9-5-6-10-23(22)30(31)26(24)19-7-3-2-4-8-19/h2-14,25,31H,15-18H2,1H3/t25-/m0/s1. The molecular formula is C26H26ClN3O. The van der Waals surface area contributed by atoms with E-state index in [0.29, 0.717) is 0 Å². The number of nitrogens with zero attached hydrogens (tertiary/aromatic N) is 3. The molecule has 31 heavy (non-hydrogen) atoms. The van der Waals surface area contributed by atoms with Crippen molar-refractivity contribution in [3.63, 3.8) is 0 Å². The second kappa shape index (κ2) is 8.39. The molecule has 0 radical (unpaired) electrons. The van der Waals surface area contributed by atoms with Crippen LogP contribution in [0.5, 0.6) is 0 Å². The lowest BCUT2D eigenvalue weighted by Gasteiger charge is -2.38. The number of aromatic nitrogens is 1. The van der Waals surface area contributed by atoms with Crippen LogP contribution < -0.4 is 0 Å². The van der Waals surface area contributed by atoms with Gasteiger partial charge in [-0.3, -0.25) is 4.90 Å². The maximum Gasteiger partial charge on any atom is 0.0930 e. The van der Waals surface area contributed by atoms with Gasteiger partial charge in [0.05, 0.1) is 17.3 Å². The molecule has 1 atom stereocenters. The van der Waals surface area contributed by atoms with Gasteiger partial charge in [0.25, 0.3) is 0 Å². The van der Waals surface area contributed by atoms with E-state index in [4.69, 9.17) is 11.6 Å². The minimum Gasteiger partial charge on any atom is -0.428 e. The van der Waals surface area contributed by atoms with Gasteiger partial charge in [0.2, 0.25) is 0 Å². The summed E-state index contributed by atoms with van der Waals surface area (Å²) in [5, 5.41) is 13.1. The predicted octanol–water partition coefficient (Wildman–Crippen LogP) is 5.54. The lowest BCUT2D eigenvalue weighted by Crippen LogP contribution is -2.46. The quantitative estimate of drug-likeness (QED) is 0.431. The molecule has 0 saturated carbocycles. The van der Waals surface area contributed by atoms with Crippen molar-refractivity contribution in [2.45, 2.75) is 6.04 Å². The molecule has 0 bridgehead atoms. The smallest absolute Gasteiger partial charge is 0.0930 e. The first-order chi connectivity index (χ1) is 15.1. The Kier molecular flexibility index (Phi) is 5.45. The van der Waals surface area contributed by atoms with E-state index in [2.05, 4.69) is 47.2 Å². The first kappa shape index (κ1) is 20.1. The van der Waals surface area contributed by atoms with Crippen LogP contribution in [0, 0.1) is 0 Å². The van der Waals surface area contributed by atoms with E-state index >= 15 is 0 Å². The normalized spacial score (nSPS) is 16.6. The van der Waals surface area contributed by atoms with E-state index < -0.39 is 0 Å². The number of benzene rings is 3. The molecule has 1 fully saturated rings. The van der Waals surface area contributed by atoms with Crippen LogP contribution in [0.4, 0.5) is 0 Å². The Morgan fingerprint density at radius 3 is 2.16 bits per heavy atom. The summed E-state index contributed by atoms with van der Waals surface area (Å²) in [5.41, 5.74) is 4.99. The number of likely N-dealkylation sites (N-methyl/N-ethyl adjacent to an activating group) is 1. The van der Waals surface area contributed by atoms with Crippen LogP contribution in [0.1, 0.15) is 17.2 Å². The molecule has 5 heteroatoms. The fourth-order valence-corrected chi connectivity index (χ4v) is 4.81. The summed E-state index contributed by atoms with van der Waals surface area (Å²) in [6.07, 6.45) is 0. The van der Waals surface area contributed by atoms with Crippen molar-refractivity contribution in [3.05, 3.63) is 95.0 Å². The summed E-state index contributed by atoms with van der Waals surface area (Å²) < 4.78 is 1.36. The van der Waals surface area contributed by atoms with Crippen molar-refractivity contribution >= 4 is 22.5 Å². The van der Waals surface area contributed by atoms with Gasteiger partial charge in [0.15, 0.2) is 0 Å². The average Bonchev–Trinajstić information content (AvgIpc) is 3.09. The first-order valence-corrected chi connectivity index (χ1v) is 11.1. The monoisotopic (exact) mass is 431 g/mol. The van der Waals surface area contributed by atoms with Crippen molar-refractivity contribution in [1.29, 1.82) is 0 Å². The Morgan fingerprint density at radius 1 is 0.806 bits per heavy atom. The third-order valence-electron chi connectivity index (χ3n) is 6.30. The molecule has 2 heterocycles. The number of para-hydroxylation sites is 1. The fourth-order valence-electron chi connectivity index (χ4n) is 4.68. The largest absolute Gasteiger partial charge is 0.428 e. The van der Waals surface area contributed by atoms with Gasteiger partial charge in [-0.1, -0.05) is 72.3 Å². The maximum absolute atomic E-state index is 11.3. The minimum atomic E-state index is 0.0134. The summed E-state index contributed by atoms with van der Waals surface area (Å²) >= 11 is 6.23. The average molecular weight is 432 g/mol. The molecule has 4 aromatic rings. The highest BCUT2D eigenvalue weighted by Crippen LogP contribution is 2.42. The fraction of sp³-hybridized carbons (Fsp3) is 0.231. The molecule has 4 nitrogen and oxygen atoms in total. The number of fused-ring (bicyclic) bond motifs is 1. The van der Waals surface area contributed by atoms with Gasteiger partial charge in [-0.2, -0.15) is 4.73 Å². The zero-order valence-corrected chi connectivity index (χ0v) is 18.3. The van der Waals surface area contributed by atoms with Crippen LogP contribution in [-0.2, 0) is 0 Å². The molecule has 3 aromatic carbocycles. The van der Waals surface area contributed by atoms with E-state index in [0.717, 1.165) is 58.9 Å². The van der Waals surface area contributed by atoms with Crippen LogP contribution in [0.3, 0.4) is 0 Å². The van der Waals surface area contributed by atoms with Gasteiger partial charge in [-0.25, -0.2) is 0 Å². The topological polar surface area (TPSA) is 31.6 Å². The van der Waals surface area contributed by atoms with Gasteiger partial charge < -0.3 is 10.1 Å². The van der Waals surface area contributed by atoms with E-state index in [9.17, 15) is 5.21 Å². The van der Waals surface area contributed by atoms with E-state index in [-0.39, 0.29) is 6.04 Å². The number of rotatable bonds is 4. The van der Waals surface area contributed by atoms with Crippen molar-refractivity contribution in [2.75, 3.05) is 33.2 Å². The summed E-state index contributed by atoms with van der Waals surface area (Å²) in [7, 11) is 2.17. The van der Waals surface area contributed by atoms with Crippen LogP contribution in [-0.4, -0.2) is 53.0 Å². The van der Waals surface area contributed by atoms with Gasteiger partial charge in [-0.15, -0.1) is 0 Å². The van der Waals surface area contributed by atoms with Crippen molar-refractivity contribution in [1.82, 2.24) is 14.5 Å². The molecule has 0 amide bonds. The second-order valence-corrected chi connectivity index (χ2v) is 8.69. The summed E-state index contributed by atoms with van der Waals surface area (Å²) in [5.74, 6) is 0. The zero-order valence-electron chi connectivity index (χ0n) is 17.6. The van der Waals surface area contributed by atoms with Crippen LogP contribution in [0.15, 0.2) is 78.9 Å². The van der Waals surface area contributed by atoms with Crippen molar-refractivity contribution < 1.29 is 5.21 Å². The summed E-state index contributed by atoms with van der Waals surface area (Å²) in [6, 6.07) is 26.4. The SMILES string of the molecule is CN1CCN([C@@H](c2ccc(Cl)cc2)c2c(-c3ccccc3)n(O)c3ccccc23)CC1. The lowest BCUT2D eigenvalue weighted by atomic mass is 9.91.